The van der Waals surface area contributed by atoms with Crippen molar-refractivity contribution in [3.8, 4) is 0 Å². The fourth-order valence-electron chi connectivity index (χ4n) is 3.41. The van der Waals surface area contributed by atoms with Crippen molar-refractivity contribution in [1.82, 2.24) is 14.9 Å². The van der Waals surface area contributed by atoms with E-state index in [2.05, 4.69) is 53.7 Å². The summed E-state index contributed by atoms with van der Waals surface area (Å²) in [6, 6.07) is 2.11. The van der Waals surface area contributed by atoms with Gasteiger partial charge in [-0.2, -0.15) is 4.98 Å². The van der Waals surface area contributed by atoms with Crippen LogP contribution in [0.1, 0.15) is 26.5 Å². The third kappa shape index (κ3) is 2.46. The summed E-state index contributed by atoms with van der Waals surface area (Å²) in [5, 5.41) is 0. The second-order valence-electron chi connectivity index (χ2n) is 7.37. The molecule has 0 aromatic carbocycles. The minimum absolute atomic E-state index is 0.00161. The van der Waals surface area contributed by atoms with Crippen LogP contribution >= 0.6 is 0 Å². The fourth-order valence-corrected chi connectivity index (χ4v) is 3.41. The average molecular weight is 275 g/mol. The first-order valence-electron chi connectivity index (χ1n) is 7.41. The van der Waals surface area contributed by atoms with Gasteiger partial charge in [0.1, 0.15) is 5.82 Å². The molecule has 0 spiro atoms. The van der Waals surface area contributed by atoms with Gasteiger partial charge < -0.3 is 15.5 Å². The van der Waals surface area contributed by atoms with Gasteiger partial charge in [0, 0.05) is 37.7 Å². The Kier molecular flexibility index (Phi) is 3.12. The molecule has 1 aromatic heterocycles. The third-order valence-electron chi connectivity index (χ3n) is 4.49. The number of likely N-dealkylation sites (tertiary alicyclic amines) is 1. The lowest BCUT2D eigenvalue weighted by molar-refractivity contribution is 0.387. The minimum atomic E-state index is 0.00161. The van der Waals surface area contributed by atoms with E-state index in [1.54, 1.807) is 0 Å². The summed E-state index contributed by atoms with van der Waals surface area (Å²) in [5.41, 5.74) is 6.93. The lowest BCUT2D eigenvalue weighted by atomic mass is 9.92. The van der Waals surface area contributed by atoms with E-state index in [1.165, 1.54) is 13.1 Å². The molecule has 20 heavy (non-hydrogen) atoms. The molecule has 0 bridgehead atoms. The molecule has 0 radical (unpaired) electrons. The molecule has 2 aliphatic rings. The van der Waals surface area contributed by atoms with E-state index in [0.717, 1.165) is 36.4 Å². The van der Waals surface area contributed by atoms with Gasteiger partial charge in [0.05, 0.1) is 5.69 Å². The van der Waals surface area contributed by atoms with Crippen LogP contribution in [0.25, 0.3) is 0 Å². The fraction of sp³-hybridized carbons (Fsp3) is 0.733. The molecule has 5 nitrogen and oxygen atoms in total. The molecule has 110 valence electrons. The summed E-state index contributed by atoms with van der Waals surface area (Å²) in [6.07, 6.45) is 0. The Bertz CT molecular complexity index is 493. The number of aromatic nitrogens is 2. The van der Waals surface area contributed by atoms with Crippen molar-refractivity contribution in [3.05, 3.63) is 11.8 Å². The van der Waals surface area contributed by atoms with E-state index in [1.807, 2.05) is 0 Å². The Balaban J connectivity index is 1.83. The van der Waals surface area contributed by atoms with E-state index in [0.29, 0.717) is 5.95 Å². The van der Waals surface area contributed by atoms with Crippen LogP contribution < -0.4 is 10.6 Å². The summed E-state index contributed by atoms with van der Waals surface area (Å²) < 4.78 is 0. The molecule has 2 saturated heterocycles. The Morgan fingerprint density at radius 3 is 2.25 bits per heavy atom. The van der Waals surface area contributed by atoms with Crippen molar-refractivity contribution in [3.63, 3.8) is 0 Å². The number of fused-ring (bicyclic) bond motifs is 1. The zero-order chi connectivity index (χ0) is 14.5. The van der Waals surface area contributed by atoms with Crippen LogP contribution in [0.5, 0.6) is 0 Å². The summed E-state index contributed by atoms with van der Waals surface area (Å²) in [4.78, 5) is 13.7. The predicted octanol–water partition coefficient (Wildman–Crippen LogP) is 1.35. The van der Waals surface area contributed by atoms with Crippen LogP contribution in [-0.2, 0) is 5.41 Å². The van der Waals surface area contributed by atoms with Gasteiger partial charge in [-0.15, -0.1) is 0 Å². The van der Waals surface area contributed by atoms with Crippen molar-refractivity contribution in [1.29, 1.82) is 0 Å². The summed E-state index contributed by atoms with van der Waals surface area (Å²) in [7, 11) is 2.21. The van der Waals surface area contributed by atoms with Gasteiger partial charge in [-0.1, -0.05) is 20.8 Å². The number of nitrogens with two attached hydrogens (primary N) is 1. The van der Waals surface area contributed by atoms with Crippen LogP contribution in [0.4, 0.5) is 11.8 Å². The van der Waals surface area contributed by atoms with Crippen LogP contribution in [0.3, 0.4) is 0 Å². The average Bonchev–Trinajstić information content (AvgIpc) is 2.84. The molecule has 2 N–H and O–H groups in total. The van der Waals surface area contributed by atoms with Gasteiger partial charge in [0.15, 0.2) is 0 Å². The predicted molar refractivity (Wildman–Crippen MR) is 81.8 cm³/mol. The highest BCUT2D eigenvalue weighted by molar-refractivity contribution is 5.46. The SMILES string of the molecule is CN1C[C@@H]2CN(c3cc(C(C)(C)C)nc(N)n3)C[C@@H]2C1. The highest BCUT2D eigenvalue weighted by atomic mass is 15.3. The highest BCUT2D eigenvalue weighted by Gasteiger charge is 2.39. The molecule has 0 amide bonds. The maximum Gasteiger partial charge on any atom is 0.222 e. The number of nitrogens with zero attached hydrogens (tertiary/aromatic N) is 4. The molecule has 2 aliphatic heterocycles. The van der Waals surface area contributed by atoms with Gasteiger partial charge >= 0.3 is 0 Å². The van der Waals surface area contributed by atoms with Crippen LogP contribution in [0.2, 0.25) is 0 Å². The zero-order valence-electron chi connectivity index (χ0n) is 12.9. The largest absolute Gasteiger partial charge is 0.368 e. The van der Waals surface area contributed by atoms with Gasteiger partial charge in [-0.3, -0.25) is 0 Å². The molecule has 1 aromatic rings. The maximum atomic E-state index is 5.90. The molecule has 2 fully saturated rings. The molecular formula is C15H25N5. The van der Waals surface area contributed by atoms with Crippen molar-refractivity contribution in [2.45, 2.75) is 26.2 Å². The van der Waals surface area contributed by atoms with E-state index in [-0.39, 0.29) is 5.41 Å². The number of hydrogen-bond donors (Lipinski definition) is 1. The van der Waals surface area contributed by atoms with E-state index < -0.39 is 0 Å². The topological polar surface area (TPSA) is 58.3 Å². The maximum absolute atomic E-state index is 5.90. The normalized spacial score (nSPS) is 27.1. The van der Waals surface area contributed by atoms with Crippen LogP contribution in [0.15, 0.2) is 6.07 Å². The number of rotatable bonds is 1. The minimum Gasteiger partial charge on any atom is -0.368 e. The summed E-state index contributed by atoms with van der Waals surface area (Å²) in [5.74, 6) is 2.93. The van der Waals surface area contributed by atoms with Gasteiger partial charge in [0.25, 0.3) is 0 Å². The Labute approximate surface area is 121 Å². The number of anilines is 2. The second kappa shape index (κ2) is 4.58. The molecule has 3 rings (SSSR count). The summed E-state index contributed by atoms with van der Waals surface area (Å²) >= 11 is 0. The summed E-state index contributed by atoms with van der Waals surface area (Å²) in [6.45, 7) is 11.1. The highest BCUT2D eigenvalue weighted by Crippen LogP contribution is 2.33. The second-order valence-corrected chi connectivity index (χ2v) is 7.37. The molecule has 5 heteroatoms. The third-order valence-corrected chi connectivity index (χ3v) is 4.49. The van der Waals surface area contributed by atoms with Crippen molar-refractivity contribution in [2.24, 2.45) is 11.8 Å². The number of nitrogen functional groups attached to an aromatic ring is 1. The van der Waals surface area contributed by atoms with Crippen molar-refractivity contribution in [2.75, 3.05) is 43.9 Å². The Hall–Kier alpha value is -1.36. The molecule has 3 heterocycles. The zero-order valence-corrected chi connectivity index (χ0v) is 12.9. The standard InChI is InChI=1S/C15H25N5/c1-15(2,3)12-5-13(18-14(16)17-12)20-8-10-6-19(4)7-11(10)9-20/h5,10-11H,6-9H2,1-4H3,(H2,16,17,18)/t10-,11+. The van der Waals surface area contributed by atoms with Gasteiger partial charge in [-0.25, -0.2) is 4.98 Å². The van der Waals surface area contributed by atoms with Crippen molar-refractivity contribution >= 4 is 11.8 Å². The van der Waals surface area contributed by atoms with Crippen molar-refractivity contribution < 1.29 is 0 Å². The lowest BCUT2D eigenvalue weighted by Gasteiger charge is -2.24. The van der Waals surface area contributed by atoms with Gasteiger partial charge in [-0.05, 0) is 18.9 Å². The smallest absolute Gasteiger partial charge is 0.222 e. The Morgan fingerprint density at radius 1 is 1.10 bits per heavy atom. The first kappa shape index (κ1) is 13.6. The van der Waals surface area contributed by atoms with Crippen LogP contribution in [-0.4, -0.2) is 48.1 Å². The van der Waals surface area contributed by atoms with E-state index in [9.17, 15) is 0 Å². The lowest BCUT2D eigenvalue weighted by Crippen LogP contribution is -2.28. The Morgan fingerprint density at radius 2 is 1.70 bits per heavy atom. The molecule has 0 aliphatic carbocycles. The van der Waals surface area contributed by atoms with E-state index in [4.69, 9.17) is 5.73 Å². The van der Waals surface area contributed by atoms with Crippen LogP contribution in [0, 0.1) is 11.8 Å². The molecule has 0 saturated carbocycles. The molecule has 0 unspecified atom stereocenters. The first-order chi connectivity index (χ1) is 9.33. The first-order valence-corrected chi connectivity index (χ1v) is 7.41. The van der Waals surface area contributed by atoms with Gasteiger partial charge in [0.2, 0.25) is 5.95 Å². The van der Waals surface area contributed by atoms with E-state index >= 15 is 0 Å². The number of hydrogen-bond acceptors (Lipinski definition) is 5. The molecular weight excluding hydrogens is 250 g/mol. The molecule has 2 atom stereocenters. The monoisotopic (exact) mass is 275 g/mol. The quantitative estimate of drug-likeness (QED) is 0.838.